The van der Waals surface area contributed by atoms with Crippen molar-refractivity contribution in [3.05, 3.63) is 47.5 Å². The number of ether oxygens (including phenoxy) is 1. The van der Waals surface area contributed by atoms with E-state index in [-0.39, 0.29) is 5.92 Å². The Morgan fingerprint density at radius 1 is 1.28 bits per heavy atom. The Hall–Kier alpha value is -3.77. The van der Waals surface area contributed by atoms with Crippen molar-refractivity contribution in [2.75, 3.05) is 0 Å². The van der Waals surface area contributed by atoms with Crippen LogP contribution in [-0.4, -0.2) is 40.6 Å². The van der Waals surface area contributed by atoms with Gasteiger partial charge in [0.1, 0.15) is 18.6 Å². The lowest BCUT2D eigenvalue weighted by Gasteiger charge is -2.09. The second-order valence-corrected chi connectivity index (χ2v) is 8.43. The van der Waals surface area contributed by atoms with Gasteiger partial charge in [-0.15, -0.1) is 16.6 Å². The van der Waals surface area contributed by atoms with Crippen molar-refractivity contribution in [2.24, 2.45) is 0 Å². The molecule has 4 aromatic rings. The predicted octanol–water partition coefficient (Wildman–Crippen LogP) is 3.33. The van der Waals surface area contributed by atoms with E-state index in [4.69, 9.17) is 15.7 Å². The smallest absolute Gasteiger partial charge is 0.229 e. The summed E-state index contributed by atoms with van der Waals surface area (Å²) in [6.07, 6.45) is 9.98. The molecule has 0 N–H and O–H groups in total. The Morgan fingerprint density at radius 2 is 2.16 bits per heavy atom. The molecule has 0 unspecified atom stereocenters. The van der Waals surface area contributed by atoms with E-state index in [9.17, 15) is 0 Å². The molecule has 0 spiro atoms. The van der Waals surface area contributed by atoms with Crippen LogP contribution in [-0.2, 0) is 17.9 Å². The minimum Gasteiger partial charge on any atom is -0.370 e. The molecule has 9 heteroatoms. The molecule has 2 aliphatic rings. The molecule has 0 atom stereocenters. The highest BCUT2D eigenvalue weighted by Gasteiger charge is 2.29. The van der Waals surface area contributed by atoms with Gasteiger partial charge in [0.25, 0.3) is 0 Å². The second kappa shape index (κ2) is 7.14. The SMILES string of the molecule is C#Cc1ccc2c(c1)-c1nnc(COC3CC3)n1Cc1c(-c3noc(C(C)C)n3)ncn1-2. The van der Waals surface area contributed by atoms with E-state index in [0.717, 1.165) is 47.0 Å². The maximum atomic E-state index is 5.93. The van der Waals surface area contributed by atoms with Crippen LogP contribution in [0.2, 0.25) is 0 Å². The van der Waals surface area contributed by atoms with Gasteiger partial charge in [-0.05, 0) is 31.0 Å². The molecule has 1 aliphatic carbocycles. The zero-order valence-corrected chi connectivity index (χ0v) is 17.8. The third kappa shape index (κ3) is 3.03. The number of nitrogens with zero attached hydrogens (tertiary/aromatic N) is 7. The minimum absolute atomic E-state index is 0.135. The average molecular weight is 427 g/mol. The monoisotopic (exact) mass is 427 g/mol. The summed E-state index contributed by atoms with van der Waals surface area (Å²) in [5.74, 6) is 5.41. The van der Waals surface area contributed by atoms with E-state index >= 15 is 0 Å². The molecule has 4 heterocycles. The highest BCUT2D eigenvalue weighted by molar-refractivity contribution is 5.72. The lowest BCUT2D eigenvalue weighted by atomic mass is 10.1. The molecule has 1 saturated carbocycles. The molecule has 0 bridgehead atoms. The topological polar surface area (TPSA) is 96.7 Å². The van der Waals surface area contributed by atoms with Gasteiger partial charge in [-0.3, -0.25) is 4.57 Å². The average Bonchev–Trinajstić information content (AvgIpc) is 3.20. The van der Waals surface area contributed by atoms with Gasteiger partial charge < -0.3 is 13.8 Å². The Morgan fingerprint density at radius 3 is 2.91 bits per heavy atom. The first-order valence-corrected chi connectivity index (χ1v) is 10.7. The molecule has 1 aliphatic heterocycles. The quantitative estimate of drug-likeness (QED) is 0.397. The van der Waals surface area contributed by atoms with Crippen molar-refractivity contribution in [3.63, 3.8) is 0 Å². The minimum atomic E-state index is 0.135. The van der Waals surface area contributed by atoms with Gasteiger partial charge in [-0.25, -0.2) is 4.98 Å². The zero-order valence-electron chi connectivity index (χ0n) is 17.8. The van der Waals surface area contributed by atoms with Gasteiger partial charge in [0, 0.05) is 17.0 Å². The molecule has 1 fully saturated rings. The van der Waals surface area contributed by atoms with Crippen LogP contribution in [0.3, 0.4) is 0 Å². The van der Waals surface area contributed by atoms with Gasteiger partial charge in [0.05, 0.1) is 24.0 Å². The summed E-state index contributed by atoms with van der Waals surface area (Å²) >= 11 is 0. The lowest BCUT2D eigenvalue weighted by Crippen LogP contribution is -2.10. The summed E-state index contributed by atoms with van der Waals surface area (Å²) < 4.78 is 15.5. The van der Waals surface area contributed by atoms with E-state index in [2.05, 4.69) is 35.8 Å². The van der Waals surface area contributed by atoms with Gasteiger partial charge in [-0.1, -0.05) is 24.9 Å². The third-order valence-corrected chi connectivity index (χ3v) is 5.79. The van der Waals surface area contributed by atoms with Crippen LogP contribution in [0.15, 0.2) is 29.0 Å². The third-order valence-electron chi connectivity index (χ3n) is 5.79. The molecular formula is C23H21N7O2. The van der Waals surface area contributed by atoms with Crippen molar-refractivity contribution in [1.82, 2.24) is 34.5 Å². The standard InChI is InChI=1S/C23H21N7O2/c1-4-14-5-8-17-16(9-14)22-27-26-19(11-31-15-6-7-15)29(22)10-18-20(24-12-30(17)18)21-25-23(13(2)3)32-28-21/h1,5,8-9,12-13,15H,6-7,10-11H2,2-3H3. The Balaban J connectivity index is 1.52. The maximum absolute atomic E-state index is 5.93. The number of aromatic nitrogens is 7. The fourth-order valence-electron chi connectivity index (χ4n) is 3.88. The fourth-order valence-corrected chi connectivity index (χ4v) is 3.88. The summed E-state index contributed by atoms with van der Waals surface area (Å²) in [6, 6.07) is 5.86. The number of imidazole rings is 1. The van der Waals surface area contributed by atoms with Crippen molar-refractivity contribution in [2.45, 2.75) is 51.9 Å². The summed E-state index contributed by atoms with van der Waals surface area (Å²) in [5.41, 5.74) is 4.18. The van der Waals surface area contributed by atoms with Crippen molar-refractivity contribution in [1.29, 1.82) is 0 Å². The van der Waals surface area contributed by atoms with E-state index in [1.165, 1.54) is 0 Å². The van der Waals surface area contributed by atoms with Gasteiger partial charge >= 0.3 is 0 Å². The van der Waals surface area contributed by atoms with E-state index in [1.807, 2.05) is 36.6 Å². The number of hydrogen-bond acceptors (Lipinski definition) is 7. The number of terminal acetylenes is 1. The van der Waals surface area contributed by atoms with E-state index < -0.39 is 0 Å². The zero-order chi connectivity index (χ0) is 21.8. The summed E-state index contributed by atoms with van der Waals surface area (Å²) in [4.78, 5) is 9.21. The highest BCUT2D eigenvalue weighted by atomic mass is 16.5. The van der Waals surface area contributed by atoms with Crippen molar-refractivity contribution < 1.29 is 9.26 Å². The maximum Gasteiger partial charge on any atom is 0.229 e. The van der Waals surface area contributed by atoms with Crippen LogP contribution in [0.5, 0.6) is 0 Å². The normalized spacial score (nSPS) is 14.6. The molecule has 9 nitrogen and oxygen atoms in total. The molecule has 3 aromatic heterocycles. The Kier molecular flexibility index (Phi) is 4.23. The van der Waals surface area contributed by atoms with Crippen LogP contribution in [0.4, 0.5) is 0 Å². The molecule has 1 aromatic carbocycles. The Labute approximate surface area is 184 Å². The van der Waals surface area contributed by atoms with Crippen LogP contribution in [0.1, 0.15) is 55.6 Å². The van der Waals surface area contributed by atoms with Gasteiger partial charge in [0.15, 0.2) is 11.6 Å². The summed E-state index contributed by atoms with van der Waals surface area (Å²) in [6.45, 7) is 4.93. The fraction of sp³-hybridized carbons (Fsp3) is 0.348. The molecule has 0 amide bonds. The van der Waals surface area contributed by atoms with Gasteiger partial charge in [0.2, 0.25) is 11.7 Å². The number of rotatable bonds is 5. The number of benzene rings is 1. The van der Waals surface area contributed by atoms with Crippen molar-refractivity contribution >= 4 is 0 Å². The number of fused-ring (bicyclic) bond motifs is 5. The lowest BCUT2D eigenvalue weighted by molar-refractivity contribution is 0.0983. The first kappa shape index (κ1) is 19.0. The molecule has 32 heavy (non-hydrogen) atoms. The highest BCUT2D eigenvalue weighted by Crippen LogP contribution is 2.35. The van der Waals surface area contributed by atoms with Crippen LogP contribution < -0.4 is 0 Å². The van der Waals surface area contributed by atoms with E-state index in [0.29, 0.717) is 36.7 Å². The van der Waals surface area contributed by atoms with Crippen LogP contribution in [0.25, 0.3) is 28.6 Å². The summed E-state index contributed by atoms with van der Waals surface area (Å²) in [5, 5.41) is 13.1. The summed E-state index contributed by atoms with van der Waals surface area (Å²) in [7, 11) is 0. The Bertz CT molecular complexity index is 1370. The van der Waals surface area contributed by atoms with Crippen molar-refractivity contribution in [3.8, 4) is 40.9 Å². The molecule has 6 rings (SSSR count). The molecule has 160 valence electrons. The molecular weight excluding hydrogens is 406 g/mol. The van der Waals surface area contributed by atoms with Gasteiger partial charge in [-0.2, -0.15) is 4.98 Å². The van der Waals surface area contributed by atoms with Crippen LogP contribution >= 0.6 is 0 Å². The first-order chi connectivity index (χ1) is 15.6. The largest absolute Gasteiger partial charge is 0.370 e. The van der Waals surface area contributed by atoms with E-state index in [1.54, 1.807) is 6.33 Å². The first-order valence-electron chi connectivity index (χ1n) is 10.7. The predicted molar refractivity (Wildman–Crippen MR) is 115 cm³/mol. The second-order valence-electron chi connectivity index (χ2n) is 8.43. The molecule has 0 radical (unpaired) electrons. The molecule has 0 saturated heterocycles. The van der Waals surface area contributed by atoms with Crippen LogP contribution in [0, 0.1) is 12.3 Å². The number of hydrogen-bond donors (Lipinski definition) is 0.